The Kier molecular flexibility index (Phi) is 3.45. The van der Waals surface area contributed by atoms with Crippen LogP contribution in [-0.4, -0.2) is 15.3 Å². The van der Waals surface area contributed by atoms with Crippen molar-refractivity contribution in [3.8, 4) is 0 Å². The minimum Gasteiger partial charge on any atom is -0.321 e. The molecule has 1 N–H and O–H groups in total. The molecule has 3 rings (SSSR count). The highest BCUT2D eigenvalue weighted by Crippen LogP contribution is 2.18. The summed E-state index contributed by atoms with van der Waals surface area (Å²) in [6.07, 6.45) is 1.94. The van der Waals surface area contributed by atoms with Gasteiger partial charge < -0.3 is 5.32 Å². The molecule has 2 heterocycles. The van der Waals surface area contributed by atoms with Crippen LogP contribution < -0.4 is 5.32 Å². The Morgan fingerprint density at radius 3 is 2.36 bits per heavy atom. The van der Waals surface area contributed by atoms with Crippen molar-refractivity contribution >= 4 is 17.2 Å². The molecule has 0 radical (unpaired) electrons. The quantitative estimate of drug-likeness (QED) is 0.780. The lowest BCUT2D eigenvalue weighted by Gasteiger charge is -2.08. The Morgan fingerprint density at radius 1 is 1.00 bits per heavy atom. The molecular formula is C18H19N3O. The number of aryl methyl sites for hydroxylation is 4. The number of nitrogens with one attached hydrogen (secondary N) is 1. The van der Waals surface area contributed by atoms with E-state index in [4.69, 9.17) is 0 Å². The fourth-order valence-corrected chi connectivity index (χ4v) is 2.78. The van der Waals surface area contributed by atoms with Crippen molar-refractivity contribution in [2.75, 3.05) is 5.32 Å². The van der Waals surface area contributed by atoms with Crippen molar-refractivity contribution in [3.63, 3.8) is 0 Å². The summed E-state index contributed by atoms with van der Waals surface area (Å²) < 4.78 is 1.85. The van der Waals surface area contributed by atoms with Crippen LogP contribution in [0.5, 0.6) is 0 Å². The number of fused-ring (bicyclic) bond motifs is 1. The van der Waals surface area contributed by atoms with E-state index < -0.39 is 0 Å². The maximum atomic E-state index is 12.7. The van der Waals surface area contributed by atoms with Crippen LogP contribution in [-0.2, 0) is 0 Å². The summed E-state index contributed by atoms with van der Waals surface area (Å²) in [7, 11) is 0. The number of carbonyl (C=O) groups excluding carboxylic acids is 1. The molecule has 22 heavy (non-hydrogen) atoms. The fraction of sp³-hybridized carbons (Fsp3) is 0.222. The van der Waals surface area contributed by atoms with Gasteiger partial charge in [-0.15, -0.1) is 0 Å². The second-order valence-corrected chi connectivity index (χ2v) is 5.81. The zero-order valence-corrected chi connectivity index (χ0v) is 13.3. The van der Waals surface area contributed by atoms with Gasteiger partial charge in [0.25, 0.3) is 5.91 Å². The van der Waals surface area contributed by atoms with E-state index in [0.717, 1.165) is 33.7 Å². The van der Waals surface area contributed by atoms with Gasteiger partial charge in [-0.3, -0.25) is 9.20 Å². The van der Waals surface area contributed by atoms with Gasteiger partial charge in [0.15, 0.2) is 0 Å². The van der Waals surface area contributed by atoms with E-state index in [2.05, 4.69) is 16.4 Å². The summed E-state index contributed by atoms with van der Waals surface area (Å²) in [4.78, 5) is 17.1. The highest BCUT2D eigenvalue weighted by molar-refractivity contribution is 6.04. The monoisotopic (exact) mass is 293 g/mol. The highest BCUT2D eigenvalue weighted by Gasteiger charge is 2.17. The molecule has 0 saturated carbocycles. The number of aromatic nitrogens is 2. The minimum absolute atomic E-state index is 0.138. The molecule has 2 aromatic heterocycles. The minimum atomic E-state index is -0.138. The zero-order chi connectivity index (χ0) is 15.9. The van der Waals surface area contributed by atoms with Crippen LogP contribution in [0, 0.1) is 27.7 Å². The van der Waals surface area contributed by atoms with Crippen LogP contribution >= 0.6 is 0 Å². The van der Waals surface area contributed by atoms with Crippen molar-refractivity contribution in [3.05, 3.63) is 64.6 Å². The number of rotatable bonds is 2. The number of hydrogen-bond acceptors (Lipinski definition) is 2. The van der Waals surface area contributed by atoms with Crippen molar-refractivity contribution in [1.82, 2.24) is 9.38 Å². The summed E-state index contributed by atoms with van der Waals surface area (Å²) in [5, 5.41) is 2.98. The Balaban J connectivity index is 2.01. The van der Waals surface area contributed by atoms with Gasteiger partial charge in [-0.05, 0) is 62.6 Å². The van der Waals surface area contributed by atoms with E-state index >= 15 is 0 Å². The number of anilines is 1. The molecule has 1 amide bonds. The molecule has 3 aromatic rings. The van der Waals surface area contributed by atoms with Crippen molar-refractivity contribution in [2.24, 2.45) is 0 Å². The standard InChI is InChI=1S/C18H19N3O/c1-11-5-6-16-19-14(4)17(21(16)10-11)18(22)20-15-8-12(2)7-13(3)9-15/h5-10H,1-4H3,(H,20,22). The molecule has 0 aliphatic rings. The molecule has 0 fully saturated rings. The third kappa shape index (κ3) is 2.60. The first kappa shape index (κ1) is 14.3. The first-order valence-corrected chi connectivity index (χ1v) is 7.29. The zero-order valence-electron chi connectivity index (χ0n) is 13.3. The Morgan fingerprint density at radius 2 is 1.68 bits per heavy atom. The second kappa shape index (κ2) is 5.30. The van der Waals surface area contributed by atoms with Gasteiger partial charge in [0, 0.05) is 11.9 Å². The maximum absolute atomic E-state index is 12.7. The Hall–Kier alpha value is -2.62. The van der Waals surface area contributed by atoms with E-state index in [1.54, 1.807) is 0 Å². The summed E-state index contributed by atoms with van der Waals surface area (Å²) in [6, 6.07) is 9.94. The summed E-state index contributed by atoms with van der Waals surface area (Å²) in [5.74, 6) is -0.138. The summed E-state index contributed by atoms with van der Waals surface area (Å²) in [6.45, 7) is 7.90. The third-order valence-electron chi connectivity index (χ3n) is 3.64. The Bertz CT molecular complexity index is 857. The summed E-state index contributed by atoms with van der Waals surface area (Å²) in [5.41, 5.74) is 6.25. The lowest BCUT2D eigenvalue weighted by molar-refractivity contribution is 0.102. The number of imidazole rings is 1. The molecule has 4 heteroatoms. The molecule has 0 spiro atoms. The molecule has 0 aliphatic carbocycles. The number of benzene rings is 1. The molecule has 1 aromatic carbocycles. The molecule has 0 bridgehead atoms. The van der Waals surface area contributed by atoms with Crippen LogP contribution in [0.2, 0.25) is 0 Å². The van der Waals surface area contributed by atoms with Gasteiger partial charge in [-0.25, -0.2) is 4.98 Å². The van der Waals surface area contributed by atoms with Crippen LogP contribution in [0.3, 0.4) is 0 Å². The van der Waals surface area contributed by atoms with Crippen molar-refractivity contribution in [2.45, 2.75) is 27.7 Å². The van der Waals surface area contributed by atoms with Crippen LogP contribution in [0.4, 0.5) is 5.69 Å². The average Bonchev–Trinajstić information content (AvgIpc) is 2.72. The van der Waals surface area contributed by atoms with Gasteiger partial charge in [-0.1, -0.05) is 12.1 Å². The predicted octanol–water partition coefficient (Wildman–Crippen LogP) is 3.82. The van der Waals surface area contributed by atoms with E-state index in [0.29, 0.717) is 5.69 Å². The van der Waals surface area contributed by atoms with E-state index in [1.165, 1.54) is 0 Å². The molecule has 0 atom stereocenters. The lowest BCUT2D eigenvalue weighted by Crippen LogP contribution is -2.15. The van der Waals surface area contributed by atoms with Crippen molar-refractivity contribution in [1.29, 1.82) is 0 Å². The third-order valence-corrected chi connectivity index (χ3v) is 3.64. The number of pyridine rings is 1. The predicted molar refractivity (Wildman–Crippen MR) is 88.5 cm³/mol. The van der Waals surface area contributed by atoms with Crippen LogP contribution in [0.15, 0.2) is 36.5 Å². The topological polar surface area (TPSA) is 46.4 Å². The van der Waals surface area contributed by atoms with Gasteiger partial charge in [0.2, 0.25) is 0 Å². The Labute approximate surface area is 129 Å². The molecule has 0 saturated heterocycles. The molecule has 0 aliphatic heterocycles. The number of hydrogen-bond donors (Lipinski definition) is 1. The molecule has 4 nitrogen and oxygen atoms in total. The first-order valence-electron chi connectivity index (χ1n) is 7.29. The number of amides is 1. The SMILES string of the molecule is Cc1cc(C)cc(NC(=O)c2c(C)nc3ccc(C)cn23)c1. The van der Waals surface area contributed by atoms with Gasteiger partial charge in [0.05, 0.1) is 5.69 Å². The van der Waals surface area contributed by atoms with Gasteiger partial charge in [-0.2, -0.15) is 0 Å². The number of nitrogens with zero attached hydrogens (tertiary/aromatic N) is 2. The molecular weight excluding hydrogens is 274 g/mol. The summed E-state index contributed by atoms with van der Waals surface area (Å²) >= 11 is 0. The van der Waals surface area contributed by atoms with E-state index in [9.17, 15) is 4.79 Å². The largest absolute Gasteiger partial charge is 0.321 e. The lowest BCUT2D eigenvalue weighted by atomic mass is 10.1. The number of carbonyl (C=O) groups is 1. The smallest absolute Gasteiger partial charge is 0.274 e. The van der Waals surface area contributed by atoms with Gasteiger partial charge in [0.1, 0.15) is 11.3 Å². The van der Waals surface area contributed by atoms with Crippen LogP contribution in [0.25, 0.3) is 5.65 Å². The maximum Gasteiger partial charge on any atom is 0.274 e. The molecule has 0 unspecified atom stereocenters. The van der Waals surface area contributed by atoms with Crippen molar-refractivity contribution < 1.29 is 4.79 Å². The van der Waals surface area contributed by atoms with Gasteiger partial charge >= 0.3 is 0 Å². The van der Waals surface area contributed by atoms with E-state index in [1.807, 2.05) is 62.6 Å². The average molecular weight is 293 g/mol. The second-order valence-electron chi connectivity index (χ2n) is 5.81. The normalized spacial score (nSPS) is 10.9. The molecule has 112 valence electrons. The van der Waals surface area contributed by atoms with E-state index in [-0.39, 0.29) is 5.91 Å². The first-order chi connectivity index (χ1) is 10.4. The fourth-order valence-electron chi connectivity index (χ4n) is 2.78. The highest BCUT2D eigenvalue weighted by atomic mass is 16.2. The van der Waals surface area contributed by atoms with Crippen LogP contribution in [0.1, 0.15) is 32.9 Å².